The molecule has 0 N–H and O–H groups in total. The molecule has 0 heterocycles. The number of rotatable bonds is 2. The van der Waals surface area contributed by atoms with E-state index in [1.807, 2.05) is 12.1 Å². The lowest BCUT2D eigenvalue weighted by atomic mass is 9.94. The van der Waals surface area contributed by atoms with Crippen LogP contribution in [-0.4, -0.2) is 6.29 Å². The van der Waals surface area contributed by atoms with Crippen molar-refractivity contribution in [3.8, 4) is 12.1 Å². The molecular weight excluding hydrogens is 176 g/mol. The molecule has 14 heavy (non-hydrogen) atoms. The van der Waals surface area contributed by atoms with Crippen LogP contribution in [0.4, 0.5) is 0 Å². The molecule has 0 fully saturated rings. The highest BCUT2D eigenvalue weighted by Crippen LogP contribution is 2.20. The fraction of sp³-hybridized carbons (Fsp3) is 0.182. The zero-order chi connectivity index (χ0) is 10.6. The van der Waals surface area contributed by atoms with Crippen LogP contribution in [0.5, 0.6) is 0 Å². The predicted octanol–water partition coefficient (Wildman–Crippen LogP) is 1.73. The Balaban J connectivity index is 3.40. The van der Waals surface area contributed by atoms with Crippen LogP contribution >= 0.6 is 0 Å². The van der Waals surface area contributed by atoms with E-state index in [0.717, 1.165) is 6.29 Å². The zero-order valence-electron chi connectivity index (χ0n) is 7.69. The topological polar surface area (TPSA) is 64.7 Å². The minimum atomic E-state index is -0.349. The summed E-state index contributed by atoms with van der Waals surface area (Å²) in [5.41, 5.74) is 1.23. The van der Waals surface area contributed by atoms with Gasteiger partial charge in [-0.15, -0.1) is 0 Å². The summed E-state index contributed by atoms with van der Waals surface area (Å²) in [5, 5.41) is 17.6. The SMILES string of the molecule is CC(C=O)c1cccc(C#N)c1C#N. The van der Waals surface area contributed by atoms with Crippen molar-refractivity contribution in [1.82, 2.24) is 0 Å². The second kappa shape index (κ2) is 4.20. The lowest BCUT2D eigenvalue weighted by Crippen LogP contribution is -1.99. The average Bonchev–Trinajstić information content (AvgIpc) is 2.26. The van der Waals surface area contributed by atoms with Crippen molar-refractivity contribution in [3.63, 3.8) is 0 Å². The summed E-state index contributed by atoms with van der Waals surface area (Å²) in [5.74, 6) is -0.349. The Kier molecular flexibility index (Phi) is 2.99. The maximum absolute atomic E-state index is 10.6. The zero-order valence-corrected chi connectivity index (χ0v) is 7.69. The van der Waals surface area contributed by atoms with E-state index in [-0.39, 0.29) is 5.92 Å². The molecule has 0 radical (unpaired) electrons. The Morgan fingerprint density at radius 1 is 1.36 bits per heavy atom. The van der Waals surface area contributed by atoms with Gasteiger partial charge >= 0.3 is 0 Å². The average molecular weight is 184 g/mol. The fourth-order valence-electron chi connectivity index (χ4n) is 1.24. The number of aldehydes is 1. The predicted molar refractivity (Wildman–Crippen MR) is 50.4 cm³/mol. The van der Waals surface area contributed by atoms with Crippen LogP contribution in [-0.2, 0) is 4.79 Å². The molecule has 0 aliphatic heterocycles. The summed E-state index contributed by atoms with van der Waals surface area (Å²) in [7, 11) is 0. The van der Waals surface area contributed by atoms with Gasteiger partial charge in [-0.3, -0.25) is 0 Å². The van der Waals surface area contributed by atoms with E-state index < -0.39 is 0 Å². The lowest BCUT2D eigenvalue weighted by molar-refractivity contribution is -0.108. The van der Waals surface area contributed by atoms with Crippen LogP contribution in [0.15, 0.2) is 18.2 Å². The highest BCUT2D eigenvalue weighted by Gasteiger charge is 2.12. The molecule has 1 aromatic carbocycles. The maximum atomic E-state index is 10.6. The molecule has 0 bridgehead atoms. The van der Waals surface area contributed by atoms with Gasteiger partial charge in [0.05, 0.1) is 11.1 Å². The van der Waals surface area contributed by atoms with Gasteiger partial charge in [0.25, 0.3) is 0 Å². The molecule has 1 atom stereocenters. The molecule has 3 nitrogen and oxygen atoms in total. The van der Waals surface area contributed by atoms with E-state index in [0.29, 0.717) is 16.7 Å². The van der Waals surface area contributed by atoms with Gasteiger partial charge in [0.15, 0.2) is 0 Å². The second-order valence-corrected chi connectivity index (χ2v) is 2.92. The number of carbonyl (C=O) groups is 1. The molecule has 1 unspecified atom stereocenters. The summed E-state index contributed by atoms with van der Waals surface area (Å²) < 4.78 is 0. The van der Waals surface area contributed by atoms with Crippen LogP contribution in [0.2, 0.25) is 0 Å². The molecule has 0 amide bonds. The molecule has 0 aliphatic rings. The maximum Gasteiger partial charge on any atom is 0.127 e. The molecule has 0 saturated heterocycles. The largest absolute Gasteiger partial charge is 0.303 e. The molecule has 0 aliphatic carbocycles. The highest BCUT2D eigenvalue weighted by atomic mass is 16.1. The number of hydrogen-bond acceptors (Lipinski definition) is 3. The summed E-state index contributed by atoms with van der Waals surface area (Å²) in [6, 6.07) is 8.81. The Morgan fingerprint density at radius 2 is 2.07 bits per heavy atom. The van der Waals surface area contributed by atoms with E-state index in [2.05, 4.69) is 0 Å². The van der Waals surface area contributed by atoms with Crippen molar-refractivity contribution in [3.05, 3.63) is 34.9 Å². The van der Waals surface area contributed by atoms with E-state index >= 15 is 0 Å². The Labute approximate surface area is 82.2 Å². The molecule has 0 aromatic heterocycles. The minimum Gasteiger partial charge on any atom is -0.303 e. The van der Waals surface area contributed by atoms with E-state index in [9.17, 15) is 4.79 Å². The number of nitrogens with zero attached hydrogens (tertiary/aromatic N) is 2. The molecule has 1 aromatic rings. The van der Waals surface area contributed by atoms with Crippen LogP contribution in [0.1, 0.15) is 29.5 Å². The third kappa shape index (κ3) is 1.62. The Hall–Kier alpha value is -2.13. The smallest absolute Gasteiger partial charge is 0.127 e. The van der Waals surface area contributed by atoms with Gasteiger partial charge in [-0.25, -0.2) is 0 Å². The van der Waals surface area contributed by atoms with E-state index in [1.54, 1.807) is 25.1 Å². The molecule has 68 valence electrons. The number of nitriles is 2. The lowest BCUT2D eigenvalue weighted by Gasteiger charge is -2.06. The standard InChI is InChI=1S/C11H8N2O/c1-8(7-14)10-4-2-3-9(5-12)11(10)6-13/h2-4,7-8H,1H3. The van der Waals surface area contributed by atoms with Gasteiger partial charge < -0.3 is 4.79 Å². The summed E-state index contributed by atoms with van der Waals surface area (Å²) >= 11 is 0. The summed E-state index contributed by atoms with van der Waals surface area (Å²) in [4.78, 5) is 10.6. The van der Waals surface area contributed by atoms with Gasteiger partial charge in [-0.1, -0.05) is 19.1 Å². The van der Waals surface area contributed by atoms with Crippen LogP contribution in [0.3, 0.4) is 0 Å². The first-order valence-corrected chi connectivity index (χ1v) is 4.13. The minimum absolute atomic E-state index is 0.301. The van der Waals surface area contributed by atoms with Crippen molar-refractivity contribution in [2.75, 3.05) is 0 Å². The van der Waals surface area contributed by atoms with Gasteiger partial charge in [0, 0.05) is 5.92 Å². The fourth-order valence-corrected chi connectivity index (χ4v) is 1.24. The quantitative estimate of drug-likeness (QED) is 0.657. The van der Waals surface area contributed by atoms with Crippen molar-refractivity contribution in [1.29, 1.82) is 10.5 Å². The molecule has 0 spiro atoms. The van der Waals surface area contributed by atoms with E-state index in [4.69, 9.17) is 10.5 Å². The van der Waals surface area contributed by atoms with Crippen molar-refractivity contribution < 1.29 is 4.79 Å². The summed E-state index contributed by atoms with van der Waals surface area (Å²) in [6.07, 6.45) is 0.761. The molecule has 0 saturated carbocycles. The van der Waals surface area contributed by atoms with Gasteiger partial charge in [0.2, 0.25) is 0 Å². The monoisotopic (exact) mass is 184 g/mol. The highest BCUT2D eigenvalue weighted by molar-refractivity contribution is 5.65. The van der Waals surface area contributed by atoms with Crippen LogP contribution < -0.4 is 0 Å². The first-order chi connectivity index (χ1) is 6.74. The number of carbonyl (C=O) groups excluding carboxylic acids is 1. The van der Waals surface area contributed by atoms with Crippen molar-refractivity contribution >= 4 is 6.29 Å². The van der Waals surface area contributed by atoms with E-state index in [1.165, 1.54) is 0 Å². The second-order valence-electron chi connectivity index (χ2n) is 2.92. The first kappa shape index (κ1) is 9.95. The Bertz CT molecular complexity index is 438. The number of benzene rings is 1. The molecule has 1 rings (SSSR count). The van der Waals surface area contributed by atoms with Crippen molar-refractivity contribution in [2.24, 2.45) is 0 Å². The Morgan fingerprint density at radius 3 is 2.57 bits per heavy atom. The number of hydrogen-bond donors (Lipinski definition) is 0. The van der Waals surface area contributed by atoms with Crippen LogP contribution in [0, 0.1) is 22.7 Å². The van der Waals surface area contributed by atoms with Gasteiger partial charge in [0.1, 0.15) is 18.4 Å². The summed E-state index contributed by atoms with van der Waals surface area (Å²) in [6.45, 7) is 1.70. The molecular formula is C11H8N2O. The van der Waals surface area contributed by atoms with Gasteiger partial charge in [-0.05, 0) is 11.6 Å². The first-order valence-electron chi connectivity index (χ1n) is 4.13. The third-order valence-corrected chi connectivity index (χ3v) is 2.02. The van der Waals surface area contributed by atoms with Crippen LogP contribution in [0.25, 0.3) is 0 Å². The van der Waals surface area contributed by atoms with Crippen molar-refractivity contribution in [2.45, 2.75) is 12.8 Å². The molecule has 3 heteroatoms. The normalized spacial score (nSPS) is 11.1. The third-order valence-electron chi connectivity index (χ3n) is 2.02. The van der Waals surface area contributed by atoms with Gasteiger partial charge in [-0.2, -0.15) is 10.5 Å².